The molecule has 0 aliphatic heterocycles. The fourth-order valence-corrected chi connectivity index (χ4v) is 3.71. The molecule has 0 amide bonds. The van der Waals surface area contributed by atoms with Crippen LogP contribution in [0.15, 0.2) is 67.0 Å². The maximum absolute atomic E-state index is 13.2. The van der Waals surface area contributed by atoms with Gasteiger partial charge in [0.15, 0.2) is 5.82 Å². The third-order valence-corrected chi connectivity index (χ3v) is 5.20. The zero-order valence-electron chi connectivity index (χ0n) is 16.3. The average molecular weight is 397 g/mol. The Kier molecular flexibility index (Phi) is 4.57. The number of pyridine rings is 1. The number of rotatable bonds is 6. The number of nitrogens with zero attached hydrogens (tertiary/aromatic N) is 3. The minimum Gasteiger partial charge on any atom is -0.384 e. The summed E-state index contributed by atoms with van der Waals surface area (Å²) >= 11 is 0. The normalized spacial score (nSPS) is 12.4. The van der Waals surface area contributed by atoms with Crippen LogP contribution in [0, 0.1) is 0 Å². The van der Waals surface area contributed by atoms with E-state index >= 15 is 0 Å². The van der Waals surface area contributed by atoms with E-state index in [1.54, 1.807) is 19.5 Å². The molecule has 3 heterocycles. The van der Waals surface area contributed by atoms with Crippen molar-refractivity contribution in [1.29, 1.82) is 0 Å². The van der Waals surface area contributed by atoms with Crippen molar-refractivity contribution in [2.45, 2.75) is 5.92 Å². The van der Waals surface area contributed by atoms with Gasteiger partial charge in [-0.3, -0.25) is 14.9 Å². The van der Waals surface area contributed by atoms with Crippen LogP contribution in [-0.4, -0.2) is 44.6 Å². The Morgan fingerprint density at radius 3 is 2.63 bits per heavy atom. The van der Waals surface area contributed by atoms with E-state index in [0.717, 1.165) is 33.2 Å². The van der Waals surface area contributed by atoms with Gasteiger partial charge >= 0.3 is 0 Å². The minimum absolute atomic E-state index is 0.101. The summed E-state index contributed by atoms with van der Waals surface area (Å²) < 4.78 is 5.31. The highest BCUT2D eigenvalue weighted by atomic mass is 16.5. The van der Waals surface area contributed by atoms with E-state index in [1.165, 1.54) is 0 Å². The third kappa shape index (κ3) is 3.15. The fraction of sp³-hybridized carbons (Fsp3) is 0.130. The molecule has 148 valence electrons. The average Bonchev–Trinajstić information content (AvgIpc) is 3.40. The van der Waals surface area contributed by atoms with E-state index in [4.69, 9.17) is 4.74 Å². The van der Waals surface area contributed by atoms with E-state index in [-0.39, 0.29) is 12.4 Å². The molecule has 3 aromatic heterocycles. The summed E-state index contributed by atoms with van der Waals surface area (Å²) in [6, 6.07) is 17.3. The number of fused-ring (bicyclic) bond motifs is 2. The van der Waals surface area contributed by atoms with Crippen molar-refractivity contribution in [2.24, 2.45) is 0 Å². The number of H-pyrrole nitrogens is 2. The molecule has 0 saturated heterocycles. The van der Waals surface area contributed by atoms with Crippen molar-refractivity contribution in [1.82, 2.24) is 25.1 Å². The topological polar surface area (TPSA) is 96.5 Å². The van der Waals surface area contributed by atoms with Crippen LogP contribution in [0.5, 0.6) is 0 Å². The zero-order valence-corrected chi connectivity index (χ0v) is 16.3. The van der Waals surface area contributed by atoms with Crippen molar-refractivity contribution in [3.05, 3.63) is 78.4 Å². The second-order valence-corrected chi connectivity index (χ2v) is 7.09. The molecule has 5 rings (SSSR count). The van der Waals surface area contributed by atoms with Crippen LogP contribution < -0.4 is 0 Å². The van der Waals surface area contributed by atoms with E-state index in [9.17, 15) is 4.79 Å². The van der Waals surface area contributed by atoms with Crippen molar-refractivity contribution >= 4 is 27.7 Å². The molecular formula is C23H19N5O2. The summed E-state index contributed by atoms with van der Waals surface area (Å²) in [6.45, 7) is 0.288. The third-order valence-electron chi connectivity index (χ3n) is 5.20. The Morgan fingerprint density at radius 2 is 1.87 bits per heavy atom. The molecule has 7 nitrogen and oxygen atoms in total. The number of benzene rings is 2. The Hall–Kier alpha value is -3.84. The lowest BCUT2D eigenvalue weighted by molar-refractivity contribution is 0.0879. The number of carbonyl (C=O) groups excluding carboxylic acids is 1. The molecule has 2 aromatic carbocycles. The molecule has 30 heavy (non-hydrogen) atoms. The van der Waals surface area contributed by atoms with E-state index < -0.39 is 5.92 Å². The van der Waals surface area contributed by atoms with Gasteiger partial charge in [-0.1, -0.05) is 30.3 Å². The van der Waals surface area contributed by atoms with Gasteiger partial charge in [-0.25, -0.2) is 4.98 Å². The van der Waals surface area contributed by atoms with Gasteiger partial charge in [-0.15, -0.1) is 0 Å². The number of methoxy groups -OCH3 is 1. The fourth-order valence-electron chi connectivity index (χ4n) is 3.71. The highest BCUT2D eigenvalue weighted by Gasteiger charge is 2.25. The quantitative estimate of drug-likeness (QED) is 0.420. The molecule has 7 heteroatoms. The molecule has 0 aliphatic rings. The first-order valence-corrected chi connectivity index (χ1v) is 9.61. The van der Waals surface area contributed by atoms with Crippen LogP contribution in [0.4, 0.5) is 0 Å². The molecule has 0 radical (unpaired) electrons. The lowest BCUT2D eigenvalue weighted by Crippen LogP contribution is -2.19. The Balaban J connectivity index is 1.57. The summed E-state index contributed by atoms with van der Waals surface area (Å²) in [5.41, 5.74) is 5.06. The van der Waals surface area contributed by atoms with Crippen LogP contribution >= 0.6 is 0 Å². The van der Waals surface area contributed by atoms with Crippen LogP contribution in [0.2, 0.25) is 0 Å². The molecule has 1 atom stereocenters. The van der Waals surface area contributed by atoms with Crippen LogP contribution in [0.25, 0.3) is 33.2 Å². The molecule has 0 aliphatic carbocycles. The smallest absolute Gasteiger partial charge is 0.207 e. The Labute approximate surface area is 172 Å². The number of nitrogens with one attached hydrogen (secondary N) is 2. The van der Waals surface area contributed by atoms with Gasteiger partial charge in [-0.05, 0) is 29.8 Å². The number of Topliss-reactive ketones (excluding diaryl/α,β-unsaturated/α-hetero) is 1. The highest BCUT2D eigenvalue weighted by molar-refractivity contribution is 6.04. The van der Waals surface area contributed by atoms with Gasteiger partial charge in [-0.2, -0.15) is 5.10 Å². The number of imidazole rings is 1. The zero-order chi connectivity index (χ0) is 20.5. The summed E-state index contributed by atoms with van der Waals surface area (Å²) in [7, 11) is 1.60. The Bertz CT molecular complexity index is 1330. The van der Waals surface area contributed by atoms with Crippen molar-refractivity contribution in [3.8, 4) is 11.3 Å². The van der Waals surface area contributed by atoms with Gasteiger partial charge < -0.3 is 9.72 Å². The Morgan fingerprint density at radius 1 is 1.07 bits per heavy atom. The monoisotopic (exact) mass is 397 g/mol. The molecule has 0 spiro atoms. The predicted octanol–water partition coefficient (Wildman–Crippen LogP) is 4.11. The molecular weight excluding hydrogens is 378 g/mol. The molecule has 0 unspecified atom stereocenters. The molecule has 5 aromatic rings. The summed E-state index contributed by atoms with van der Waals surface area (Å²) in [6.07, 6.45) is 3.47. The summed E-state index contributed by atoms with van der Waals surface area (Å²) in [4.78, 5) is 25.0. The summed E-state index contributed by atoms with van der Waals surface area (Å²) in [5.74, 6) is -0.201. The highest BCUT2D eigenvalue weighted by Crippen LogP contribution is 2.29. The number of aromatic nitrogens is 5. The molecule has 0 fully saturated rings. The first-order valence-electron chi connectivity index (χ1n) is 9.61. The predicted molar refractivity (Wildman–Crippen MR) is 114 cm³/mol. The number of hydrogen-bond acceptors (Lipinski definition) is 5. The lowest BCUT2D eigenvalue weighted by Gasteiger charge is -2.13. The number of ether oxygens (including phenoxy) is 1. The minimum atomic E-state index is -0.421. The van der Waals surface area contributed by atoms with Crippen LogP contribution in [-0.2, 0) is 4.74 Å². The molecule has 0 bridgehead atoms. The van der Waals surface area contributed by atoms with E-state index in [0.29, 0.717) is 11.3 Å². The van der Waals surface area contributed by atoms with Crippen molar-refractivity contribution < 1.29 is 9.53 Å². The second-order valence-electron chi connectivity index (χ2n) is 7.09. The molecule has 2 N–H and O–H groups in total. The number of ketones is 1. The number of hydrogen-bond donors (Lipinski definition) is 2. The molecule has 0 saturated carbocycles. The van der Waals surface area contributed by atoms with E-state index in [1.807, 2.05) is 54.6 Å². The van der Waals surface area contributed by atoms with Gasteiger partial charge in [0.2, 0.25) is 5.78 Å². The largest absolute Gasteiger partial charge is 0.384 e. The van der Waals surface area contributed by atoms with Crippen molar-refractivity contribution in [3.63, 3.8) is 0 Å². The maximum atomic E-state index is 13.2. The number of aromatic amines is 2. The second kappa shape index (κ2) is 7.53. The van der Waals surface area contributed by atoms with Gasteiger partial charge in [0.1, 0.15) is 5.69 Å². The lowest BCUT2D eigenvalue weighted by atomic mass is 9.95. The maximum Gasteiger partial charge on any atom is 0.207 e. The van der Waals surface area contributed by atoms with Gasteiger partial charge in [0, 0.05) is 30.5 Å². The van der Waals surface area contributed by atoms with Crippen molar-refractivity contribution in [2.75, 3.05) is 13.7 Å². The van der Waals surface area contributed by atoms with E-state index in [2.05, 4.69) is 25.1 Å². The van der Waals surface area contributed by atoms with Gasteiger partial charge in [0.05, 0.1) is 29.1 Å². The standard InChI is InChI=1S/C23H19N5O2/c1-30-13-17(14-5-3-2-4-6-14)22(29)23-25-19-11-16-18(12-20(19)26-23)27-28-21(16)15-7-9-24-10-8-15/h2-12,17H,13H2,1H3,(H,25,26)(H,27,28)/t17-/m1/s1. The first kappa shape index (κ1) is 18.2. The SMILES string of the molecule is COC[C@@H](C(=O)c1nc2cc3c(-c4ccncc4)n[nH]c3cc2[nH]1)c1ccccc1. The van der Waals surface area contributed by atoms with Crippen LogP contribution in [0.3, 0.4) is 0 Å². The summed E-state index contributed by atoms with van der Waals surface area (Å²) in [5, 5.41) is 8.44. The first-order chi connectivity index (χ1) is 14.7. The van der Waals surface area contributed by atoms with Crippen LogP contribution in [0.1, 0.15) is 22.1 Å². The van der Waals surface area contributed by atoms with Gasteiger partial charge in [0.25, 0.3) is 0 Å². The number of carbonyl (C=O) groups is 1.